The molecule has 0 unspecified atom stereocenters. The Hall–Kier alpha value is -1.42. The molecule has 0 heterocycles. The zero-order chi connectivity index (χ0) is 14.5. The first kappa shape index (κ1) is 15.6. The van der Waals surface area contributed by atoms with E-state index in [0.29, 0.717) is 5.56 Å². The molecule has 0 amide bonds. The fourth-order valence-electron chi connectivity index (χ4n) is 1.97. The van der Waals surface area contributed by atoms with Crippen LogP contribution in [0.15, 0.2) is 41.8 Å². The number of rotatable bonds is 7. The average Bonchev–Trinajstić information content (AvgIpc) is 2.40. The van der Waals surface area contributed by atoms with Gasteiger partial charge in [-0.05, 0) is 25.0 Å². The van der Waals surface area contributed by atoms with Crippen LogP contribution in [0.5, 0.6) is 0 Å². The highest BCUT2D eigenvalue weighted by atomic mass is 32.2. The zero-order valence-electron chi connectivity index (χ0n) is 11.4. The molecule has 0 spiro atoms. The van der Waals surface area contributed by atoms with Crippen molar-refractivity contribution >= 4 is 15.6 Å². The van der Waals surface area contributed by atoms with Crippen molar-refractivity contribution in [3.05, 3.63) is 42.5 Å². The fourth-order valence-corrected chi connectivity index (χ4v) is 3.03. The maximum absolute atomic E-state index is 12.1. The van der Waals surface area contributed by atoms with Crippen molar-refractivity contribution in [2.75, 3.05) is 5.75 Å². The summed E-state index contributed by atoms with van der Waals surface area (Å²) in [6, 6.07) is 6.18. The maximum Gasteiger partial charge on any atom is 0.181 e. The van der Waals surface area contributed by atoms with Gasteiger partial charge in [0, 0.05) is 11.5 Å². The van der Waals surface area contributed by atoms with Crippen molar-refractivity contribution in [3.8, 4) is 0 Å². The summed E-state index contributed by atoms with van der Waals surface area (Å²) in [5.74, 6) is 0.000581. The second-order valence-electron chi connectivity index (χ2n) is 4.47. The fraction of sp³-hybridized carbons (Fsp3) is 0.400. The smallest absolute Gasteiger partial charge is 0.181 e. The molecular weight excluding hydrogens is 260 g/mol. The van der Waals surface area contributed by atoms with Crippen molar-refractivity contribution in [1.82, 2.24) is 0 Å². The highest BCUT2D eigenvalue weighted by Gasteiger charge is 2.18. The lowest BCUT2D eigenvalue weighted by molar-refractivity contribution is 0.0913. The lowest BCUT2D eigenvalue weighted by Gasteiger charge is -2.11. The van der Waals surface area contributed by atoms with Crippen LogP contribution in [0.4, 0.5) is 0 Å². The van der Waals surface area contributed by atoms with Gasteiger partial charge in [-0.2, -0.15) is 0 Å². The Labute approximate surface area is 115 Å². The van der Waals surface area contributed by atoms with Crippen molar-refractivity contribution < 1.29 is 13.2 Å². The molecule has 1 aromatic rings. The number of hydrogen-bond donors (Lipinski definition) is 0. The Balaban J connectivity index is 3.00. The molecule has 4 heteroatoms. The quantitative estimate of drug-likeness (QED) is 0.569. The van der Waals surface area contributed by atoms with Crippen LogP contribution in [0, 0.1) is 5.92 Å². The van der Waals surface area contributed by atoms with E-state index in [-0.39, 0.29) is 22.3 Å². The van der Waals surface area contributed by atoms with Gasteiger partial charge in [-0.25, -0.2) is 8.42 Å². The summed E-state index contributed by atoms with van der Waals surface area (Å²) >= 11 is 0. The van der Waals surface area contributed by atoms with Gasteiger partial charge in [-0.15, -0.1) is 6.58 Å². The van der Waals surface area contributed by atoms with Gasteiger partial charge in [-0.1, -0.05) is 32.1 Å². The number of carbonyl (C=O) groups excluding carboxylic acids is 1. The van der Waals surface area contributed by atoms with E-state index in [1.54, 1.807) is 12.1 Å². The van der Waals surface area contributed by atoms with Gasteiger partial charge in [0.15, 0.2) is 15.6 Å². The van der Waals surface area contributed by atoms with Crippen LogP contribution in [0.25, 0.3) is 0 Å². The summed E-state index contributed by atoms with van der Waals surface area (Å²) < 4.78 is 23.6. The Morgan fingerprint density at radius 1 is 1.21 bits per heavy atom. The summed E-state index contributed by atoms with van der Waals surface area (Å²) in [5, 5.41) is 0. The summed E-state index contributed by atoms with van der Waals surface area (Å²) in [4.78, 5) is 12.4. The third kappa shape index (κ3) is 3.77. The van der Waals surface area contributed by atoms with Crippen LogP contribution >= 0.6 is 0 Å². The largest absolute Gasteiger partial charge is 0.294 e. The predicted octanol–water partition coefficient (Wildman–Crippen LogP) is 3.27. The molecule has 0 radical (unpaired) electrons. The second-order valence-corrected chi connectivity index (χ2v) is 6.51. The monoisotopic (exact) mass is 280 g/mol. The normalized spacial score (nSPS) is 11.5. The third-order valence-corrected chi connectivity index (χ3v) is 4.86. The van der Waals surface area contributed by atoms with Gasteiger partial charge in [-0.3, -0.25) is 4.79 Å². The Kier molecular flexibility index (Phi) is 5.48. The molecule has 0 aliphatic carbocycles. The highest BCUT2D eigenvalue weighted by molar-refractivity contribution is 7.91. The van der Waals surface area contributed by atoms with E-state index in [0.717, 1.165) is 12.8 Å². The SMILES string of the molecule is C=CCS(=O)(=O)c1ccc(C(=O)C(CC)CC)cc1. The number of carbonyl (C=O) groups is 1. The standard InChI is InChI=1S/C15H20O3S/c1-4-11-19(17,18)14-9-7-13(8-10-14)15(16)12(5-2)6-3/h4,7-10,12H,1,5-6,11H2,2-3H3. The lowest BCUT2D eigenvalue weighted by atomic mass is 9.93. The van der Waals surface area contributed by atoms with Crippen LogP contribution in [0.2, 0.25) is 0 Å². The van der Waals surface area contributed by atoms with Crippen molar-refractivity contribution in [1.29, 1.82) is 0 Å². The van der Waals surface area contributed by atoms with Gasteiger partial charge in [0.1, 0.15) is 0 Å². The molecule has 1 rings (SSSR count). The van der Waals surface area contributed by atoms with E-state index in [2.05, 4.69) is 6.58 Å². The molecule has 0 aliphatic heterocycles. The number of ketones is 1. The van der Waals surface area contributed by atoms with Gasteiger partial charge in [0.25, 0.3) is 0 Å². The molecular formula is C15H20O3S. The van der Waals surface area contributed by atoms with Gasteiger partial charge in [0.2, 0.25) is 0 Å². The minimum absolute atomic E-state index is 0.00984. The van der Waals surface area contributed by atoms with Gasteiger partial charge < -0.3 is 0 Å². The summed E-state index contributed by atoms with van der Waals surface area (Å²) in [7, 11) is -3.31. The number of Topliss-reactive ketones (excluding diaryl/α,β-unsaturated/α-hetero) is 1. The van der Waals surface area contributed by atoms with Crippen LogP contribution in [0.3, 0.4) is 0 Å². The molecule has 0 fully saturated rings. The highest BCUT2D eigenvalue weighted by Crippen LogP contribution is 2.18. The molecule has 0 saturated carbocycles. The van der Waals surface area contributed by atoms with E-state index in [4.69, 9.17) is 0 Å². The maximum atomic E-state index is 12.1. The predicted molar refractivity (Wildman–Crippen MR) is 77.1 cm³/mol. The number of benzene rings is 1. The second kappa shape index (κ2) is 6.66. The topological polar surface area (TPSA) is 51.2 Å². The number of hydrogen-bond acceptors (Lipinski definition) is 3. The Morgan fingerprint density at radius 2 is 1.74 bits per heavy atom. The molecule has 0 aromatic heterocycles. The van der Waals surface area contributed by atoms with E-state index in [1.165, 1.54) is 18.2 Å². The lowest BCUT2D eigenvalue weighted by Crippen LogP contribution is -2.13. The first-order valence-electron chi connectivity index (χ1n) is 6.44. The molecule has 3 nitrogen and oxygen atoms in total. The van der Waals surface area contributed by atoms with E-state index >= 15 is 0 Å². The Morgan fingerprint density at radius 3 is 2.16 bits per heavy atom. The summed E-state index contributed by atoms with van der Waals surface area (Å²) in [6.07, 6.45) is 2.95. The van der Waals surface area contributed by atoms with E-state index in [1.807, 2.05) is 13.8 Å². The molecule has 19 heavy (non-hydrogen) atoms. The molecule has 0 saturated heterocycles. The first-order valence-corrected chi connectivity index (χ1v) is 8.09. The first-order chi connectivity index (χ1) is 8.96. The van der Waals surface area contributed by atoms with Gasteiger partial charge >= 0.3 is 0 Å². The number of sulfone groups is 1. The molecule has 0 aliphatic rings. The molecule has 1 aromatic carbocycles. The van der Waals surface area contributed by atoms with Gasteiger partial charge in [0.05, 0.1) is 10.6 Å². The molecule has 0 atom stereocenters. The van der Waals surface area contributed by atoms with Crippen LogP contribution in [-0.2, 0) is 9.84 Å². The Bertz CT molecular complexity index is 537. The van der Waals surface area contributed by atoms with E-state index in [9.17, 15) is 13.2 Å². The molecule has 104 valence electrons. The van der Waals surface area contributed by atoms with Crippen molar-refractivity contribution in [3.63, 3.8) is 0 Å². The van der Waals surface area contributed by atoms with Crippen LogP contribution in [-0.4, -0.2) is 20.0 Å². The average molecular weight is 280 g/mol. The van der Waals surface area contributed by atoms with Crippen LogP contribution in [0.1, 0.15) is 37.0 Å². The zero-order valence-corrected chi connectivity index (χ0v) is 12.2. The minimum atomic E-state index is -3.31. The summed E-state index contributed by atoms with van der Waals surface area (Å²) in [6.45, 7) is 7.39. The van der Waals surface area contributed by atoms with Crippen LogP contribution < -0.4 is 0 Å². The third-order valence-electron chi connectivity index (χ3n) is 3.19. The van der Waals surface area contributed by atoms with Crippen molar-refractivity contribution in [2.45, 2.75) is 31.6 Å². The molecule has 0 bridgehead atoms. The minimum Gasteiger partial charge on any atom is -0.294 e. The summed E-state index contributed by atoms with van der Waals surface area (Å²) in [5.41, 5.74) is 0.575. The molecule has 0 N–H and O–H groups in total. The van der Waals surface area contributed by atoms with Crippen molar-refractivity contribution in [2.24, 2.45) is 5.92 Å². The van der Waals surface area contributed by atoms with E-state index < -0.39 is 9.84 Å².